The maximum atomic E-state index is 13.4. The van der Waals surface area contributed by atoms with Crippen molar-refractivity contribution in [3.8, 4) is 0 Å². The van der Waals surface area contributed by atoms with E-state index in [-0.39, 0.29) is 12.2 Å². The highest BCUT2D eigenvalue weighted by Crippen LogP contribution is 2.24. The van der Waals surface area contributed by atoms with Crippen LogP contribution < -0.4 is 10.6 Å². The third-order valence-corrected chi connectivity index (χ3v) is 4.40. The molecule has 0 spiro atoms. The summed E-state index contributed by atoms with van der Waals surface area (Å²) >= 11 is 1.35. The van der Waals surface area contributed by atoms with Gasteiger partial charge in [-0.15, -0.1) is 11.3 Å². The van der Waals surface area contributed by atoms with Gasteiger partial charge in [0.1, 0.15) is 11.4 Å². The van der Waals surface area contributed by atoms with E-state index in [1.807, 2.05) is 5.38 Å². The third-order valence-electron chi connectivity index (χ3n) is 3.28. The summed E-state index contributed by atoms with van der Waals surface area (Å²) in [5, 5.41) is 16.8. The Kier molecular flexibility index (Phi) is 5.12. The number of hydrogen-bond donors (Lipinski definition) is 3. The molecule has 23 heavy (non-hydrogen) atoms. The molecule has 0 saturated carbocycles. The second-order valence-corrected chi connectivity index (χ2v) is 6.30. The normalized spacial score (nSPS) is 13.2. The lowest BCUT2D eigenvalue weighted by molar-refractivity contribution is -0.136. The van der Waals surface area contributed by atoms with Gasteiger partial charge in [-0.05, 0) is 43.0 Å². The van der Waals surface area contributed by atoms with Crippen LogP contribution in [0.5, 0.6) is 0 Å². The lowest BCUT2D eigenvalue weighted by atomic mass is 10.1. The second-order valence-electron chi connectivity index (χ2n) is 5.35. The van der Waals surface area contributed by atoms with Crippen molar-refractivity contribution >= 4 is 28.8 Å². The molecule has 0 radical (unpaired) electrons. The van der Waals surface area contributed by atoms with Crippen molar-refractivity contribution < 1.29 is 19.1 Å². The first-order valence-electron chi connectivity index (χ1n) is 6.91. The minimum Gasteiger partial charge on any atom is -0.383 e. The number of nitrogens with one attached hydrogen (secondary N) is 2. The molecule has 122 valence electrons. The number of thiophene rings is 1. The molecule has 1 aromatic carbocycles. The predicted molar refractivity (Wildman–Crippen MR) is 86.7 cm³/mol. The van der Waals surface area contributed by atoms with Gasteiger partial charge in [-0.25, -0.2) is 4.39 Å². The van der Waals surface area contributed by atoms with E-state index in [1.54, 1.807) is 26.0 Å². The summed E-state index contributed by atoms with van der Waals surface area (Å²) < 4.78 is 13.4. The van der Waals surface area contributed by atoms with Gasteiger partial charge in [-0.3, -0.25) is 9.59 Å². The van der Waals surface area contributed by atoms with Gasteiger partial charge in [-0.2, -0.15) is 0 Å². The summed E-state index contributed by atoms with van der Waals surface area (Å²) in [6.07, 6.45) is 0. The Morgan fingerprint density at radius 3 is 2.65 bits per heavy atom. The average molecular weight is 336 g/mol. The minimum absolute atomic E-state index is 0.109. The molecule has 3 N–H and O–H groups in total. The first kappa shape index (κ1) is 17.1. The smallest absolute Gasteiger partial charge is 0.313 e. The van der Waals surface area contributed by atoms with Crippen molar-refractivity contribution in [2.45, 2.75) is 19.4 Å². The number of carbonyl (C=O) groups excluding carboxylic acids is 2. The molecule has 1 aromatic heterocycles. The topological polar surface area (TPSA) is 78.4 Å². The fourth-order valence-corrected chi connectivity index (χ4v) is 2.65. The van der Waals surface area contributed by atoms with Crippen molar-refractivity contribution in [1.82, 2.24) is 5.32 Å². The van der Waals surface area contributed by atoms with Gasteiger partial charge in [0.15, 0.2) is 0 Å². The zero-order valence-corrected chi connectivity index (χ0v) is 13.5. The first-order chi connectivity index (χ1) is 10.8. The Hall–Kier alpha value is -2.25. The number of rotatable bonds is 4. The number of aryl methyl sites for hydroxylation is 1. The summed E-state index contributed by atoms with van der Waals surface area (Å²) in [5.74, 6) is -2.29. The van der Waals surface area contributed by atoms with Gasteiger partial charge in [0.25, 0.3) is 0 Å². The first-order valence-corrected chi connectivity index (χ1v) is 7.79. The Bertz CT molecular complexity index is 714. The van der Waals surface area contributed by atoms with E-state index < -0.39 is 23.2 Å². The Morgan fingerprint density at radius 1 is 1.30 bits per heavy atom. The molecule has 2 amide bonds. The average Bonchev–Trinajstić information content (AvgIpc) is 3.04. The molecule has 5 nitrogen and oxygen atoms in total. The van der Waals surface area contributed by atoms with Gasteiger partial charge in [-0.1, -0.05) is 12.1 Å². The second kappa shape index (κ2) is 6.89. The third kappa shape index (κ3) is 4.37. The van der Waals surface area contributed by atoms with Crippen LogP contribution >= 0.6 is 11.3 Å². The van der Waals surface area contributed by atoms with Crippen LogP contribution in [-0.4, -0.2) is 23.5 Å². The maximum absolute atomic E-state index is 13.4. The predicted octanol–water partition coefficient (Wildman–Crippen LogP) is 2.16. The quantitative estimate of drug-likeness (QED) is 0.749. The van der Waals surface area contributed by atoms with E-state index >= 15 is 0 Å². The van der Waals surface area contributed by atoms with Crippen LogP contribution in [0.2, 0.25) is 0 Å². The van der Waals surface area contributed by atoms with Crippen molar-refractivity contribution in [1.29, 1.82) is 0 Å². The maximum Gasteiger partial charge on any atom is 0.313 e. The number of amides is 2. The van der Waals surface area contributed by atoms with Crippen LogP contribution in [0.1, 0.15) is 17.4 Å². The highest BCUT2D eigenvalue weighted by molar-refractivity contribution is 7.10. The van der Waals surface area contributed by atoms with Crippen molar-refractivity contribution in [3.63, 3.8) is 0 Å². The fraction of sp³-hybridized carbons (Fsp3) is 0.250. The number of aliphatic hydroxyl groups is 1. The zero-order chi connectivity index (χ0) is 17.0. The van der Waals surface area contributed by atoms with Crippen LogP contribution in [0.25, 0.3) is 0 Å². The molecule has 2 rings (SSSR count). The Balaban J connectivity index is 1.92. The number of carbonyl (C=O) groups is 2. The largest absolute Gasteiger partial charge is 0.383 e. The van der Waals surface area contributed by atoms with Crippen LogP contribution in [0.3, 0.4) is 0 Å². The summed E-state index contributed by atoms with van der Waals surface area (Å²) in [6.45, 7) is 3.04. The molecule has 1 atom stereocenters. The molecule has 0 aliphatic heterocycles. The lowest BCUT2D eigenvalue weighted by Crippen LogP contribution is -2.42. The Morgan fingerprint density at radius 2 is 2.04 bits per heavy atom. The number of anilines is 1. The van der Waals surface area contributed by atoms with E-state index in [2.05, 4.69) is 10.6 Å². The summed E-state index contributed by atoms with van der Waals surface area (Å²) in [6, 6.07) is 7.68. The number of halogens is 1. The molecule has 1 unspecified atom stereocenters. The molecule has 0 fully saturated rings. The highest BCUT2D eigenvalue weighted by Gasteiger charge is 2.26. The zero-order valence-electron chi connectivity index (χ0n) is 12.7. The van der Waals surface area contributed by atoms with Gasteiger partial charge >= 0.3 is 11.8 Å². The lowest BCUT2D eigenvalue weighted by Gasteiger charge is -2.22. The summed E-state index contributed by atoms with van der Waals surface area (Å²) in [5.41, 5.74) is -0.627. The number of benzene rings is 1. The van der Waals surface area contributed by atoms with E-state index in [1.165, 1.54) is 23.5 Å². The highest BCUT2D eigenvalue weighted by atomic mass is 32.1. The molecule has 2 aromatic rings. The van der Waals surface area contributed by atoms with Crippen LogP contribution in [0.15, 0.2) is 35.7 Å². The SMILES string of the molecule is Cc1ccc(NC(=O)C(=O)NCC(C)(O)c2cccs2)cc1F. The van der Waals surface area contributed by atoms with E-state index in [0.717, 1.165) is 6.07 Å². The minimum atomic E-state index is -1.26. The van der Waals surface area contributed by atoms with Crippen molar-refractivity contribution in [2.24, 2.45) is 0 Å². The van der Waals surface area contributed by atoms with Crippen LogP contribution in [0.4, 0.5) is 10.1 Å². The molecule has 0 saturated heterocycles. The Labute approximate surface area is 137 Å². The molecule has 0 aliphatic carbocycles. The molecule has 1 heterocycles. The van der Waals surface area contributed by atoms with Gasteiger partial charge < -0.3 is 15.7 Å². The van der Waals surface area contributed by atoms with Gasteiger partial charge in [0.05, 0.1) is 6.54 Å². The molecule has 0 aliphatic rings. The molecular weight excluding hydrogens is 319 g/mol. The van der Waals surface area contributed by atoms with Crippen molar-refractivity contribution in [3.05, 3.63) is 52.0 Å². The standard InChI is InChI=1S/C16H17FN2O3S/c1-10-5-6-11(8-12(10)17)19-15(21)14(20)18-9-16(2,22)13-4-3-7-23-13/h3-8,22H,9H2,1-2H3,(H,18,20)(H,19,21). The van der Waals surface area contributed by atoms with E-state index in [4.69, 9.17) is 0 Å². The molecule has 0 bridgehead atoms. The molecular formula is C16H17FN2O3S. The van der Waals surface area contributed by atoms with Gasteiger partial charge in [0, 0.05) is 10.6 Å². The van der Waals surface area contributed by atoms with Crippen molar-refractivity contribution in [2.75, 3.05) is 11.9 Å². The molecule has 7 heteroatoms. The van der Waals surface area contributed by atoms with Crippen LogP contribution in [-0.2, 0) is 15.2 Å². The number of hydrogen-bond acceptors (Lipinski definition) is 4. The van der Waals surface area contributed by atoms with Gasteiger partial charge in [0.2, 0.25) is 0 Å². The van der Waals surface area contributed by atoms with E-state index in [0.29, 0.717) is 10.4 Å². The van der Waals surface area contributed by atoms with E-state index in [9.17, 15) is 19.1 Å². The fourth-order valence-electron chi connectivity index (χ4n) is 1.86. The summed E-state index contributed by atoms with van der Waals surface area (Å²) in [7, 11) is 0. The monoisotopic (exact) mass is 336 g/mol. The summed E-state index contributed by atoms with van der Waals surface area (Å²) in [4.78, 5) is 24.3. The van der Waals surface area contributed by atoms with Crippen LogP contribution in [0, 0.1) is 12.7 Å².